The normalized spacial score (nSPS) is 15.5. The molecule has 5 nitrogen and oxygen atoms in total. The Morgan fingerprint density at radius 1 is 1.03 bits per heavy atom. The number of aromatic nitrogens is 2. The lowest BCUT2D eigenvalue weighted by Gasteiger charge is -2.26. The summed E-state index contributed by atoms with van der Waals surface area (Å²) in [7, 11) is 0. The van der Waals surface area contributed by atoms with Crippen LogP contribution < -0.4 is 10.6 Å². The molecule has 1 atom stereocenters. The van der Waals surface area contributed by atoms with E-state index in [4.69, 9.17) is 0 Å². The molecule has 3 aromatic rings. The second-order valence-electron chi connectivity index (χ2n) is 8.02. The van der Waals surface area contributed by atoms with Gasteiger partial charge in [0.25, 0.3) is 0 Å². The number of nitrogens with zero attached hydrogens (tertiary/aromatic N) is 2. The molecule has 1 aromatic heterocycles. The molecule has 0 fully saturated rings. The van der Waals surface area contributed by atoms with Crippen molar-refractivity contribution in [2.45, 2.75) is 51.1 Å². The first kappa shape index (κ1) is 20.1. The lowest BCUT2D eigenvalue weighted by atomic mass is 9.93. The van der Waals surface area contributed by atoms with Crippen LogP contribution in [0.15, 0.2) is 66.9 Å². The molecule has 0 aliphatic heterocycles. The Kier molecular flexibility index (Phi) is 6.38. The second-order valence-corrected chi connectivity index (χ2v) is 8.02. The minimum atomic E-state index is -0.103. The van der Waals surface area contributed by atoms with Gasteiger partial charge in [-0.25, -0.2) is 14.8 Å². The van der Waals surface area contributed by atoms with Gasteiger partial charge in [0.2, 0.25) is 0 Å². The number of carbonyl (C=O) groups is 1. The van der Waals surface area contributed by atoms with Gasteiger partial charge in [-0.15, -0.1) is 0 Å². The van der Waals surface area contributed by atoms with Crippen molar-refractivity contribution in [3.8, 4) is 0 Å². The van der Waals surface area contributed by atoms with E-state index in [0.29, 0.717) is 0 Å². The Hall–Kier alpha value is -3.21. The van der Waals surface area contributed by atoms with E-state index in [9.17, 15) is 4.79 Å². The molecular weight excluding hydrogens is 372 g/mol. The van der Waals surface area contributed by atoms with Gasteiger partial charge in [0.05, 0.1) is 0 Å². The summed E-state index contributed by atoms with van der Waals surface area (Å²) in [4.78, 5) is 21.7. The maximum Gasteiger partial charge on any atom is 0.315 e. The number of benzene rings is 2. The largest absolute Gasteiger partial charge is 0.335 e. The number of hydrogen-bond donors (Lipinski definition) is 2. The predicted molar refractivity (Wildman–Crippen MR) is 118 cm³/mol. The fraction of sp³-hybridized carbons (Fsp3) is 0.320. The van der Waals surface area contributed by atoms with Crippen molar-refractivity contribution in [3.63, 3.8) is 0 Å². The molecule has 2 N–H and O–H groups in total. The monoisotopic (exact) mass is 400 g/mol. The Morgan fingerprint density at radius 2 is 1.67 bits per heavy atom. The number of nitrogens with one attached hydrogen (secondary N) is 2. The van der Waals surface area contributed by atoms with Crippen molar-refractivity contribution < 1.29 is 4.79 Å². The molecule has 2 amide bonds. The Balaban J connectivity index is 1.39. The van der Waals surface area contributed by atoms with E-state index in [1.54, 1.807) is 0 Å². The van der Waals surface area contributed by atoms with E-state index in [0.717, 1.165) is 49.2 Å². The molecular formula is C25H28N4O. The van der Waals surface area contributed by atoms with Crippen molar-refractivity contribution in [2.75, 3.05) is 0 Å². The number of urea groups is 1. The summed E-state index contributed by atoms with van der Waals surface area (Å²) in [5.74, 6) is 0.808. The van der Waals surface area contributed by atoms with Gasteiger partial charge in [-0.05, 0) is 55.7 Å². The first-order valence-corrected chi connectivity index (χ1v) is 10.6. The van der Waals surface area contributed by atoms with Gasteiger partial charge >= 0.3 is 6.03 Å². The summed E-state index contributed by atoms with van der Waals surface area (Å²) in [5, 5.41) is 6.38. The topological polar surface area (TPSA) is 66.9 Å². The van der Waals surface area contributed by atoms with E-state index < -0.39 is 0 Å². The third-order valence-corrected chi connectivity index (χ3v) is 5.59. The minimum absolute atomic E-state index is 0.0247. The quantitative estimate of drug-likeness (QED) is 0.661. The number of amides is 2. The van der Waals surface area contributed by atoms with E-state index >= 15 is 0 Å². The van der Waals surface area contributed by atoms with Crippen molar-refractivity contribution in [1.29, 1.82) is 0 Å². The Morgan fingerprint density at radius 3 is 2.30 bits per heavy atom. The van der Waals surface area contributed by atoms with Gasteiger partial charge in [0.15, 0.2) is 0 Å². The van der Waals surface area contributed by atoms with Crippen LogP contribution in [0.1, 0.15) is 34.6 Å². The van der Waals surface area contributed by atoms with Crippen LogP contribution in [0.2, 0.25) is 0 Å². The van der Waals surface area contributed by atoms with Crippen LogP contribution in [0.4, 0.5) is 4.79 Å². The third-order valence-electron chi connectivity index (χ3n) is 5.59. The van der Waals surface area contributed by atoms with E-state index in [1.807, 2.05) is 49.5 Å². The van der Waals surface area contributed by atoms with Crippen molar-refractivity contribution in [1.82, 2.24) is 20.6 Å². The zero-order valence-corrected chi connectivity index (χ0v) is 17.3. The smallest absolute Gasteiger partial charge is 0.315 e. The highest BCUT2D eigenvalue weighted by atomic mass is 16.2. The summed E-state index contributed by atoms with van der Waals surface area (Å²) in [6.07, 6.45) is 6.05. The fourth-order valence-corrected chi connectivity index (χ4v) is 4.11. The van der Waals surface area contributed by atoms with Crippen molar-refractivity contribution in [3.05, 3.63) is 95.1 Å². The molecule has 5 heteroatoms. The molecule has 0 saturated heterocycles. The SMILES string of the molecule is Cc1ncc2c(n1)CCC(NC(=O)NC(Cc1ccccc1)Cc1ccccc1)C2. The molecule has 1 heterocycles. The average molecular weight is 401 g/mol. The first-order chi connectivity index (χ1) is 14.7. The van der Waals surface area contributed by atoms with Crippen LogP contribution in [0.5, 0.6) is 0 Å². The van der Waals surface area contributed by atoms with E-state index in [-0.39, 0.29) is 18.1 Å². The summed E-state index contributed by atoms with van der Waals surface area (Å²) in [6, 6.07) is 20.7. The number of fused-ring (bicyclic) bond motifs is 1. The summed E-state index contributed by atoms with van der Waals surface area (Å²) >= 11 is 0. The highest BCUT2D eigenvalue weighted by Gasteiger charge is 2.23. The molecule has 0 radical (unpaired) electrons. The van der Waals surface area contributed by atoms with E-state index in [2.05, 4.69) is 44.9 Å². The molecule has 1 unspecified atom stereocenters. The van der Waals surface area contributed by atoms with Gasteiger partial charge in [-0.2, -0.15) is 0 Å². The molecule has 1 aliphatic rings. The molecule has 2 aromatic carbocycles. The summed E-state index contributed by atoms with van der Waals surface area (Å²) in [6.45, 7) is 1.91. The minimum Gasteiger partial charge on any atom is -0.335 e. The Bertz CT molecular complexity index is 933. The number of rotatable bonds is 6. The number of hydrogen-bond acceptors (Lipinski definition) is 3. The molecule has 0 saturated carbocycles. The zero-order chi connectivity index (χ0) is 20.8. The van der Waals surface area contributed by atoms with Gasteiger partial charge < -0.3 is 10.6 Å². The molecule has 154 valence electrons. The Labute approximate surface area is 178 Å². The molecule has 1 aliphatic carbocycles. The molecule has 0 bridgehead atoms. The predicted octanol–water partition coefficient (Wildman–Crippen LogP) is 3.80. The van der Waals surface area contributed by atoms with Crippen LogP contribution in [-0.2, 0) is 25.7 Å². The second kappa shape index (κ2) is 9.53. The lowest BCUT2D eigenvalue weighted by molar-refractivity contribution is 0.231. The number of aryl methyl sites for hydroxylation is 2. The number of carbonyl (C=O) groups excluding carboxylic acids is 1. The van der Waals surface area contributed by atoms with Crippen LogP contribution in [0.25, 0.3) is 0 Å². The van der Waals surface area contributed by atoms with Gasteiger partial charge in [-0.3, -0.25) is 0 Å². The third kappa shape index (κ3) is 5.44. The van der Waals surface area contributed by atoms with Gasteiger partial charge in [0, 0.05) is 24.0 Å². The average Bonchev–Trinajstić information content (AvgIpc) is 2.75. The lowest BCUT2D eigenvalue weighted by Crippen LogP contribution is -2.49. The van der Waals surface area contributed by atoms with Crippen molar-refractivity contribution >= 4 is 6.03 Å². The van der Waals surface area contributed by atoms with Crippen LogP contribution in [0, 0.1) is 6.92 Å². The van der Waals surface area contributed by atoms with Crippen LogP contribution in [-0.4, -0.2) is 28.1 Å². The van der Waals surface area contributed by atoms with Crippen LogP contribution in [0.3, 0.4) is 0 Å². The molecule has 30 heavy (non-hydrogen) atoms. The fourth-order valence-electron chi connectivity index (χ4n) is 4.11. The maximum absolute atomic E-state index is 12.8. The van der Waals surface area contributed by atoms with Gasteiger partial charge in [-0.1, -0.05) is 60.7 Å². The molecule has 4 rings (SSSR count). The van der Waals surface area contributed by atoms with Crippen LogP contribution >= 0.6 is 0 Å². The summed E-state index contributed by atoms with van der Waals surface area (Å²) in [5.41, 5.74) is 4.70. The highest BCUT2D eigenvalue weighted by Crippen LogP contribution is 2.19. The highest BCUT2D eigenvalue weighted by molar-refractivity contribution is 5.74. The standard InChI is InChI=1S/C25H28N4O/c1-18-26-17-21-16-22(12-13-24(21)27-18)28-25(30)29-23(14-19-8-4-2-5-9-19)15-20-10-6-3-7-11-20/h2-11,17,22-23H,12-16H2,1H3,(H2,28,29,30). The van der Waals surface area contributed by atoms with Crippen molar-refractivity contribution in [2.24, 2.45) is 0 Å². The van der Waals surface area contributed by atoms with E-state index in [1.165, 1.54) is 11.1 Å². The van der Waals surface area contributed by atoms with Gasteiger partial charge in [0.1, 0.15) is 5.82 Å². The molecule has 0 spiro atoms. The zero-order valence-electron chi connectivity index (χ0n) is 17.3. The first-order valence-electron chi connectivity index (χ1n) is 10.6. The summed E-state index contributed by atoms with van der Waals surface area (Å²) < 4.78 is 0. The maximum atomic E-state index is 12.8.